The molecule has 0 aliphatic carbocycles. The lowest BCUT2D eigenvalue weighted by Crippen LogP contribution is -2.12. The summed E-state index contributed by atoms with van der Waals surface area (Å²) in [6, 6.07) is 6.08. The number of aromatic nitrogens is 2. The SMILES string of the molecule is C=C(C(=O)Nc1nc(OC)ns1)c1ccc(S(C)(=O)=O)cc1. The topological polar surface area (TPSA) is 98.2 Å². The number of rotatable bonds is 5. The first-order valence-corrected chi connectivity index (χ1v) is 8.66. The summed E-state index contributed by atoms with van der Waals surface area (Å²) in [5, 5.41) is 2.84. The predicted octanol–water partition coefficient (Wildman–Crippen LogP) is 1.60. The number of amides is 1. The van der Waals surface area contributed by atoms with Crippen LogP contribution in [0.25, 0.3) is 5.57 Å². The molecule has 0 saturated heterocycles. The summed E-state index contributed by atoms with van der Waals surface area (Å²) in [4.78, 5) is 16.2. The molecule has 1 N–H and O–H groups in total. The van der Waals surface area contributed by atoms with E-state index in [1.807, 2.05) is 0 Å². The Bertz CT molecular complexity index is 810. The van der Waals surface area contributed by atoms with Crippen LogP contribution in [-0.2, 0) is 14.6 Å². The largest absolute Gasteiger partial charge is 0.466 e. The summed E-state index contributed by atoms with van der Waals surface area (Å²) < 4.78 is 31.5. The molecule has 1 aromatic heterocycles. The molecule has 7 nitrogen and oxygen atoms in total. The van der Waals surface area contributed by atoms with E-state index in [1.165, 1.54) is 31.4 Å². The number of carbonyl (C=O) groups excluding carboxylic acids is 1. The van der Waals surface area contributed by atoms with Crippen LogP contribution in [0.3, 0.4) is 0 Å². The minimum Gasteiger partial charge on any atom is -0.466 e. The van der Waals surface area contributed by atoms with E-state index in [0.29, 0.717) is 5.56 Å². The molecule has 0 unspecified atom stereocenters. The summed E-state index contributed by atoms with van der Waals surface area (Å²) in [5.74, 6) is -0.453. The average Bonchev–Trinajstić information content (AvgIpc) is 2.93. The first kappa shape index (κ1) is 16.1. The lowest BCUT2D eigenvalue weighted by Gasteiger charge is -2.06. The number of nitrogens with zero attached hydrogens (tertiary/aromatic N) is 2. The van der Waals surface area contributed by atoms with Gasteiger partial charge in [-0.3, -0.25) is 10.1 Å². The first-order chi connectivity index (χ1) is 10.3. The Kier molecular flexibility index (Phi) is 4.57. The van der Waals surface area contributed by atoms with E-state index >= 15 is 0 Å². The van der Waals surface area contributed by atoms with Crippen LogP contribution < -0.4 is 10.1 Å². The highest BCUT2D eigenvalue weighted by Crippen LogP contribution is 2.20. The van der Waals surface area contributed by atoms with Crippen molar-refractivity contribution in [2.75, 3.05) is 18.7 Å². The van der Waals surface area contributed by atoms with Crippen LogP contribution in [0, 0.1) is 0 Å². The summed E-state index contributed by atoms with van der Waals surface area (Å²) in [5.41, 5.74) is 0.704. The fourth-order valence-corrected chi connectivity index (χ4v) is 2.72. The Labute approximate surface area is 131 Å². The molecule has 1 aromatic carbocycles. The van der Waals surface area contributed by atoms with E-state index in [-0.39, 0.29) is 21.6 Å². The molecule has 1 amide bonds. The van der Waals surface area contributed by atoms with Crippen molar-refractivity contribution in [3.05, 3.63) is 36.4 Å². The van der Waals surface area contributed by atoms with Gasteiger partial charge in [0.2, 0.25) is 5.13 Å². The zero-order valence-corrected chi connectivity index (χ0v) is 13.5. The van der Waals surface area contributed by atoms with Crippen molar-refractivity contribution >= 4 is 38.0 Å². The van der Waals surface area contributed by atoms with Gasteiger partial charge in [-0.05, 0) is 17.7 Å². The van der Waals surface area contributed by atoms with Crippen molar-refractivity contribution in [1.29, 1.82) is 0 Å². The zero-order valence-electron chi connectivity index (χ0n) is 11.9. The van der Waals surface area contributed by atoms with Crippen molar-refractivity contribution in [3.63, 3.8) is 0 Å². The smallest absolute Gasteiger partial charge is 0.329 e. The Morgan fingerprint density at radius 1 is 1.32 bits per heavy atom. The number of hydrogen-bond acceptors (Lipinski definition) is 7. The van der Waals surface area contributed by atoms with Crippen LogP contribution >= 0.6 is 11.5 Å². The maximum atomic E-state index is 12.1. The number of anilines is 1. The lowest BCUT2D eigenvalue weighted by atomic mass is 10.1. The van der Waals surface area contributed by atoms with Crippen LogP contribution in [0.5, 0.6) is 6.01 Å². The number of benzene rings is 1. The third kappa shape index (κ3) is 3.68. The number of nitrogens with one attached hydrogen (secondary N) is 1. The molecule has 0 radical (unpaired) electrons. The molecule has 22 heavy (non-hydrogen) atoms. The molecule has 116 valence electrons. The molecule has 2 rings (SSSR count). The van der Waals surface area contributed by atoms with Crippen molar-refractivity contribution in [1.82, 2.24) is 9.36 Å². The van der Waals surface area contributed by atoms with Crippen molar-refractivity contribution in [3.8, 4) is 6.01 Å². The highest BCUT2D eigenvalue weighted by atomic mass is 32.2. The van der Waals surface area contributed by atoms with Gasteiger partial charge < -0.3 is 4.74 Å². The molecule has 0 fully saturated rings. The van der Waals surface area contributed by atoms with Gasteiger partial charge in [0.15, 0.2) is 9.84 Å². The van der Waals surface area contributed by atoms with Crippen LogP contribution in [-0.4, -0.2) is 37.0 Å². The molecular weight excluding hydrogens is 326 g/mol. The quantitative estimate of drug-likeness (QED) is 0.831. The molecule has 2 aromatic rings. The van der Waals surface area contributed by atoms with Crippen LogP contribution in [0.15, 0.2) is 35.7 Å². The van der Waals surface area contributed by atoms with Crippen molar-refractivity contribution < 1.29 is 17.9 Å². The molecule has 1 heterocycles. The second kappa shape index (κ2) is 6.24. The summed E-state index contributed by atoms with van der Waals surface area (Å²) >= 11 is 0.982. The number of methoxy groups -OCH3 is 1. The molecular formula is C13H13N3O4S2. The predicted molar refractivity (Wildman–Crippen MR) is 83.7 cm³/mol. The third-order valence-electron chi connectivity index (χ3n) is 2.72. The third-order valence-corrected chi connectivity index (χ3v) is 4.46. The number of hydrogen-bond donors (Lipinski definition) is 1. The fraction of sp³-hybridized carbons (Fsp3) is 0.154. The van der Waals surface area contributed by atoms with E-state index < -0.39 is 15.7 Å². The first-order valence-electron chi connectivity index (χ1n) is 5.99. The average molecular weight is 339 g/mol. The maximum Gasteiger partial charge on any atom is 0.329 e. The highest BCUT2D eigenvalue weighted by molar-refractivity contribution is 7.90. The van der Waals surface area contributed by atoms with E-state index in [2.05, 4.69) is 21.3 Å². The van der Waals surface area contributed by atoms with Gasteiger partial charge in [0.25, 0.3) is 5.91 Å². The number of ether oxygens (including phenoxy) is 1. The van der Waals surface area contributed by atoms with Gasteiger partial charge in [-0.15, -0.1) is 4.37 Å². The summed E-state index contributed by atoms with van der Waals surface area (Å²) in [7, 11) is -1.85. The van der Waals surface area contributed by atoms with Gasteiger partial charge in [0.05, 0.1) is 12.0 Å². The Hall–Kier alpha value is -2.26. The van der Waals surface area contributed by atoms with E-state index in [4.69, 9.17) is 4.74 Å². The zero-order chi connectivity index (χ0) is 16.3. The standard InChI is InChI=1S/C13H13N3O4S2/c1-8(9-4-6-10(7-5-9)22(3,18)19)11(17)14-13-15-12(20-2)16-21-13/h4-7H,1H2,2-3H3,(H,14,15,16,17). The van der Waals surface area contributed by atoms with E-state index in [0.717, 1.165) is 17.8 Å². The molecule has 0 aliphatic heterocycles. The second-order valence-electron chi connectivity index (χ2n) is 4.32. The normalized spacial score (nSPS) is 11.0. The minimum absolute atomic E-state index is 0.170. The van der Waals surface area contributed by atoms with Gasteiger partial charge in [-0.2, -0.15) is 4.98 Å². The summed E-state index contributed by atoms with van der Waals surface area (Å²) in [6.45, 7) is 3.70. The molecule has 0 atom stereocenters. The molecule has 0 spiro atoms. The monoisotopic (exact) mass is 339 g/mol. The number of sulfone groups is 1. The van der Waals surface area contributed by atoms with Crippen molar-refractivity contribution in [2.45, 2.75) is 4.90 Å². The maximum absolute atomic E-state index is 12.1. The lowest BCUT2D eigenvalue weighted by molar-refractivity contribution is -0.111. The molecule has 0 aliphatic rings. The minimum atomic E-state index is -3.27. The molecule has 9 heteroatoms. The number of carbonyl (C=O) groups is 1. The van der Waals surface area contributed by atoms with Crippen molar-refractivity contribution in [2.24, 2.45) is 0 Å². The van der Waals surface area contributed by atoms with E-state index in [1.54, 1.807) is 0 Å². The Morgan fingerprint density at radius 2 is 1.95 bits per heavy atom. The summed E-state index contributed by atoms with van der Waals surface area (Å²) in [6.07, 6.45) is 1.12. The van der Waals surface area contributed by atoms with Gasteiger partial charge >= 0.3 is 6.01 Å². The van der Waals surface area contributed by atoms with Crippen LogP contribution in [0.2, 0.25) is 0 Å². The molecule has 0 bridgehead atoms. The highest BCUT2D eigenvalue weighted by Gasteiger charge is 2.14. The van der Waals surface area contributed by atoms with Gasteiger partial charge in [-0.1, -0.05) is 18.7 Å². The van der Waals surface area contributed by atoms with Gasteiger partial charge in [0, 0.05) is 23.4 Å². The van der Waals surface area contributed by atoms with Crippen LogP contribution in [0.1, 0.15) is 5.56 Å². The second-order valence-corrected chi connectivity index (χ2v) is 7.08. The fourth-order valence-electron chi connectivity index (χ4n) is 1.55. The Morgan fingerprint density at radius 3 is 2.45 bits per heavy atom. The van der Waals surface area contributed by atoms with Gasteiger partial charge in [-0.25, -0.2) is 8.42 Å². The van der Waals surface area contributed by atoms with Crippen LogP contribution in [0.4, 0.5) is 5.13 Å². The van der Waals surface area contributed by atoms with E-state index in [9.17, 15) is 13.2 Å². The molecule has 0 saturated carbocycles. The van der Waals surface area contributed by atoms with Gasteiger partial charge in [0.1, 0.15) is 0 Å². The Balaban J connectivity index is 2.12.